The van der Waals surface area contributed by atoms with E-state index in [1.54, 1.807) is 4.57 Å². The van der Waals surface area contributed by atoms with Crippen molar-refractivity contribution in [1.29, 1.82) is 0 Å². The van der Waals surface area contributed by atoms with Crippen LogP contribution in [-0.2, 0) is 6.54 Å². The second kappa shape index (κ2) is 4.19. The van der Waals surface area contributed by atoms with Crippen LogP contribution in [0.4, 0.5) is 0 Å². The lowest BCUT2D eigenvalue weighted by atomic mass is 9.90. The number of rotatable bonds is 2. The first kappa shape index (κ1) is 13.5. The van der Waals surface area contributed by atoms with E-state index in [9.17, 15) is 4.79 Å². The van der Waals surface area contributed by atoms with Crippen LogP contribution < -0.4 is 16.3 Å². The van der Waals surface area contributed by atoms with Crippen LogP contribution in [0.3, 0.4) is 0 Å². The van der Waals surface area contributed by atoms with E-state index < -0.39 is 0 Å². The Kier molecular flexibility index (Phi) is 2.57. The number of hydrogen-bond acceptors (Lipinski definition) is 2. The van der Waals surface area contributed by atoms with E-state index in [1.165, 1.54) is 0 Å². The molecule has 3 nitrogen and oxygen atoms in total. The summed E-state index contributed by atoms with van der Waals surface area (Å²) >= 11 is 0. The highest BCUT2D eigenvalue weighted by molar-refractivity contribution is 5.66. The number of aromatic nitrogens is 2. The van der Waals surface area contributed by atoms with Gasteiger partial charge in [-0.05, 0) is 24.2 Å². The monoisotopic (exact) mass is 292 g/mol. The topological polar surface area (TPSA) is 34.9 Å². The third-order valence-corrected chi connectivity index (χ3v) is 5.46. The van der Waals surface area contributed by atoms with Gasteiger partial charge in [-0.15, -0.1) is 0 Å². The van der Waals surface area contributed by atoms with Gasteiger partial charge in [0.1, 0.15) is 0 Å². The van der Waals surface area contributed by atoms with E-state index in [1.807, 2.05) is 37.3 Å². The highest BCUT2D eigenvalue weighted by Crippen LogP contribution is 2.66. The molecule has 0 radical (unpaired) electrons. The third kappa shape index (κ3) is 1.68. The number of nitrogens with zero attached hydrogens (tertiary/aromatic N) is 2. The van der Waals surface area contributed by atoms with Crippen molar-refractivity contribution in [2.75, 3.05) is 0 Å². The van der Waals surface area contributed by atoms with Gasteiger partial charge in [0.2, 0.25) is 0 Å². The summed E-state index contributed by atoms with van der Waals surface area (Å²) in [5.41, 5.74) is 2.05. The van der Waals surface area contributed by atoms with Crippen LogP contribution in [0.2, 0.25) is 0 Å². The molecule has 0 N–H and O–H groups in total. The fourth-order valence-electron chi connectivity index (χ4n) is 3.78. The van der Waals surface area contributed by atoms with E-state index in [2.05, 4.69) is 31.0 Å². The molecule has 2 unspecified atom stereocenters. The fraction of sp³-hybridized carbons (Fsp3) is 0.368. The summed E-state index contributed by atoms with van der Waals surface area (Å²) in [7, 11) is 0. The average molecular weight is 292 g/mol. The van der Waals surface area contributed by atoms with Gasteiger partial charge in [-0.3, -0.25) is 4.57 Å². The Morgan fingerprint density at radius 3 is 2.50 bits per heavy atom. The molecule has 22 heavy (non-hydrogen) atoms. The molecule has 2 atom stereocenters. The Balaban J connectivity index is 2.14. The summed E-state index contributed by atoms with van der Waals surface area (Å²) in [6, 6.07) is 10.0. The van der Waals surface area contributed by atoms with Gasteiger partial charge in [-0.2, -0.15) is 4.98 Å². The van der Waals surface area contributed by atoms with Gasteiger partial charge >= 0.3 is 5.69 Å². The van der Waals surface area contributed by atoms with Gasteiger partial charge in [0.05, 0.1) is 11.0 Å². The van der Waals surface area contributed by atoms with Crippen LogP contribution in [0.1, 0.15) is 27.2 Å². The van der Waals surface area contributed by atoms with Crippen molar-refractivity contribution in [3.8, 4) is 11.3 Å². The quantitative estimate of drug-likeness (QED) is 0.847. The van der Waals surface area contributed by atoms with Gasteiger partial charge < -0.3 is 0 Å². The van der Waals surface area contributed by atoms with Gasteiger partial charge in [-0.25, -0.2) is 4.79 Å². The van der Waals surface area contributed by atoms with Crippen molar-refractivity contribution in [2.45, 2.75) is 33.7 Å². The number of benzene rings is 1. The number of fused-ring (bicyclic) bond motifs is 2. The maximum Gasteiger partial charge on any atom is 0.348 e. The Morgan fingerprint density at radius 1 is 1.14 bits per heavy atom. The van der Waals surface area contributed by atoms with Gasteiger partial charge in [0.25, 0.3) is 0 Å². The van der Waals surface area contributed by atoms with Crippen molar-refractivity contribution >= 4 is 12.2 Å². The first-order valence-corrected chi connectivity index (χ1v) is 7.89. The fourth-order valence-corrected chi connectivity index (χ4v) is 3.78. The van der Waals surface area contributed by atoms with Crippen LogP contribution in [-0.4, -0.2) is 9.55 Å². The maximum atomic E-state index is 12.4. The molecule has 0 saturated heterocycles. The SMILES string of the molecule is CCn1c(=O)nc(-c2ccccc2)c2c1=CC1(C)CC1(C)C=2. The Labute approximate surface area is 129 Å². The molecule has 2 aliphatic carbocycles. The number of hydrogen-bond donors (Lipinski definition) is 0. The predicted octanol–water partition coefficient (Wildman–Crippen LogP) is 1.92. The van der Waals surface area contributed by atoms with Crippen molar-refractivity contribution in [3.63, 3.8) is 0 Å². The minimum absolute atomic E-state index is 0.155. The molecule has 1 aromatic carbocycles. The van der Waals surface area contributed by atoms with Crippen LogP contribution in [0.25, 0.3) is 23.4 Å². The molecule has 2 aromatic rings. The normalized spacial score (nSPS) is 28.1. The van der Waals surface area contributed by atoms with Crippen LogP contribution >= 0.6 is 0 Å². The Morgan fingerprint density at radius 2 is 1.82 bits per heavy atom. The highest BCUT2D eigenvalue weighted by Gasteiger charge is 2.59. The summed E-state index contributed by atoms with van der Waals surface area (Å²) in [4.78, 5) is 16.8. The average Bonchev–Trinajstić information content (AvgIpc) is 3.06. The Hall–Kier alpha value is -2.16. The lowest BCUT2D eigenvalue weighted by Gasteiger charge is -2.19. The van der Waals surface area contributed by atoms with Crippen molar-refractivity contribution in [3.05, 3.63) is 51.4 Å². The van der Waals surface area contributed by atoms with Crippen LogP contribution in [0.15, 0.2) is 35.1 Å². The zero-order valence-electron chi connectivity index (χ0n) is 13.3. The molecule has 2 aliphatic rings. The predicted molar refractivity (Wildman–Crippen MR) is 88.6 cm³/mol. The van der Waals surface area contributed by atoms with Crippen LogP contribution in [0.5, 0.6) is 0 Å². The van der Waals surface area contributed by atoms with E-state index in [0.29, 0.717) is 6.54 Å². The lowest BCUT2D eigenvalue weighted by molar-refractivity contribution is 0.588. The summed E-state index contributed by atoms with van der Waals surface area (Å²) in [6.07, 6.45) is 5.77. The van der Waals surface area contributed by atoms with Crippen LogP contribution in [0, 0.1) is 10.8 Å². The summed E-state index contributed by atoms with van der Waals surface area (Å²) in [5, 5.41) is 2.16. The molecule has 0 amide bonds. The van der Waals surface area contributed by atoms with Crippen molar-refractivity contribution in [1.82, 2.24) is 9.55 Å². The molecule has 112 valence electrons. The molecular weight excluding hydrogens is 272 g/mol. The first-order valence-electron chi connectivity index (χ1n) is 7.89. The zero-order valence-corrected chi connectivity index (χ0v) is 13.3. The second-order valence-corrected chi connectivity index (χ2v) is 6.95. The highest BCUT2D eigenvalue weighted by atomic mass is 16.1. The summed E-state index contributed by atoms with van der Waals surface area (Å²) in [6.45, 7) is 7.23. The molecule has 0 aliphatic heterocycles. The third-order valence-electron chi connectivity index (χ3n) is 5.46. The minimum Gasteiger partial charge on any atom is -0.292 e. The van der Waals surface area contributed by atoms with Gasteiger partial charge in [0.15, 0.2) is 0 Å². The van der Waals surface area contributed by atoms with Crippen molar-refractivity contribution in [2.24, 2.45) is 10.8 Å². The molecule has 0 spiro atoms. The second-order valence-electron chi connectivity index (χ2n) is 6.95. The van der Waals surface area contributed by atoms with E-state index in [-0.39, 0.29) is 16.5 Å². The molecule has 3 heteroatoms. The van der Waals surface area contributed by atoms with E-state index in [0.717, 1.165) is 28.2 Å². The molecule has 1 fully saturated rings. The lowest BCUT2D eigenvalue weighted by Crippen LogP contribution is -2.48. The minimum atomic E-state index is -0.155. The molecule has 1 aromatic heterocycles. The smallest absolute Gasteiger partial charge is 0.292 e. The first-order chi connectivity index (χ1) is 10.5. The van der Waals surface area contributed by atoms with E-state index in [4.69, 9.17) is 0 Å². The molecule has 1 heterocycles. The molecule has 1 saturated carbocycles. The molecular formula is C19H20N2O. The molecule has 4 rings (SSSR count). The zero-order chi connectivity index (χ0) is 15.5. The summed E-state index contributed by atoms with van der Waals surface area (Å²) in [5.74, 6) is 0. The van der Waals surface area contributed by atoms with Gasteiger partial charge in [-0.1, -0.05) is 56.3 Å². The summed E-state index contributed by atoms with van der Waals surface area (Å²) < 4.78 is 1.79. The Bertz CT molecular complexity index is 942. The largest absolute Gasteiger partial charge is 0.348 e. The maximum absolute atomic E-state index is 12.4. The molecule has 0 bridgehead atoms. The van der Waals surface area contributed by atoms with E-state index >= 15 is 0 Å². The van der Waals surface area contributed by atoms with Gasteiger partial charge in [0, 0.05) is 17.3 Å². The standard InChI is InChI=1S/C19H20N2O/c1-4-21-15-11-19(3)12-18(19,2)10-14(15)16(20-17(21)22)13-8-6-5-7-9-13/h5-11H,4,12H2,1-3H3. The van der Waals surface area contributed by atoms with Crippen molar-refractivity contribution < 1.29 is 0 Å².